The Morgan fingerprint density at radius 3 is 1.65 bits per heavy atom. The Hall–Kier alpha value is -2.89. The molecule has 0 unspecified atom stereocenters. The highest BCUT2D eigenvalue weighted by molar-refractivity contribution is 8.00. The maximum atomic E-state index is 12.0. The van der Waals surface area contributed by atoms with Crippen molar-refractivity contribution < 1.29 is 9.59 Å². The Morgan fingerprint density at radius 1 is 0.826 bits per heavy atom. The number of Topliss-reactive ketones (excluding diaryl/α,β-unsaturated/α-hetero) is 2. The summed E-state index contributed by atoms with van der Waals surface area (Å²) in [4.78, 5) is 24.1. The Balaban J connectivity index is 1.91. The summed E-state index contributed by atoms with van der Waals surface area (Å²) < 4.78 is 0. The van der Waals surface area contributed by atoms with Gasteiger partial charge in [0.1, 0.15) is 0 Å². The van der Waals surface area contributed by atoms with Crippen molar-refractivity contribution in [2.24, 2.45) is 0 Å². The van der Waals surface area contributed by atoms with Crippen LogP contribution < -0.4 is 0 Å². The zero-order chi connectivity index (χ0) is 16.7. The van der Waals surface area contributed by atoms with Gasteiger partial charge in [0.2, 0.25) is 0 Å². The lowest BCUT2D eigenvalue weighted by Gasteiger charge is -2.03. The van der Waals surface area contributed by atoms with Gasteiger partial charge in [-0.2, -0.15) is 10.5 Å². The maximum Gasteiger partial charge on any atom is 0.172 e. The number of hydrogen-bond donors (Lipinski definition) is 0. The second-order valence-electron chi connectivity index (χ2n) is 4.72. The van der Waals surface area contributed by atoms with Crippen molar-refractivity contribution in [1.29, 1.82) is 10.5 Å². The first kappa shape index (κ1) is 16.5. The second-order valence-corrected chi connectivity index (χ2v) is 5.71. The molecule has 0 aliphatic heterocycles. The van der Waals surface area contributed by atoms with E-state index in [0.717, 1.165) is 0 Å². The molecule has 112 valence electrons. The predicted octanol–water partition coefficient (Wildman–Crippen LogP) is 3.23. The van der Waals surface area contributed by atoms with Gasteiger partial charge in [0.25, 0.3) is 0 Å². The van der Waals surface area contributed by atoms with Gasteiger partial charge in [0, 0.05) is 11.1 Å². The molecule has 0 aliphatic carbocycles. The molecule has 0 atom stereocenters. The summed E-state index contributed by atoms with van der Waals surface area (Å²) in [5, 5.41) is 17.7. The SMILES string of the molecule is N#Cc1cccc(C(=O)CSCC(=O)c2cccc(C#N)c2)c1. The van der Waals surface area contributed by atoms with Crippen LogP contribution in [0.1, 0.15) is 31.8 Å². The van der Waals surface area contributed by atoms with Gasteiger partial charge >= 0.3 is 0 Å². The van der Waals surface area contributed by atoms with Gasteiger partial charge in [-0.3, -0.25) is 9.59 Å². The van der Waals surface area contributed by atoms with Crippen LogP contribution in [0.25, 0.3) is 0 Å². The fourth-order valence-electron chi connectivity index (χ4n) is 1.93. The molecule has 2 aromatic carbocycles. The average Bonchev–Trinajstić information content (AvgIpc) is 2.61. The van der Waals surface area contributed by atoms with E-state index < -0.39 is 0 Å². The van der Waals surface area contributed by atoms with Gasteiger partial charge in [-0.15, -0.1) is 11.8 Å². The number of carbonyl (C=O) groups excluding carboxylic acids is 2. The van der Waals surface area contributed by atoms with Crippen LogP contribution >= 0.6 is 11.8 Å². The van der Waals surface area contributed by atoms with Gasteiger partial charge < -0.3 is 0 Å². The number of nitrogens with zero attached hydrogens (tertiary/aromatic N) is 2. The molecule has 0 bridgehead atoms. The molecule has 0 aromatic heterocycles. The predicted molar refractivity (Wildman–Crippen MR) is 88.3 cm³/mol. The van der Waals surface area contributed by atoms with Crippen LogP contribution in [0.4, 0.5) is 0 Å². The minimum absolute atomic E-state index is 0.120. The highest BCUT2D eigenvalue weighted by atomic mass is 32.2. The molecule has 0 amide bonds. The van der Waals surface area contributed by atoms with Gasteiger partial charge in [0.05, 0.1) is 34.8 Å². The normalized spacial score (nSPS) is 9.65. The van der Waals surface area contributed by atoms with E-state index in [2.05, 4.69) is 0 Å². The van der Waals surface area contributed by atoms with Crippen LogP contribution in [0.2, 0.25) is 0 Å². The van der Waals surface area contributed by atoms with E-state index >= 15 is 0 Å². The van der Waals surface area contributed by atoms with Crippen molar-refractivity contribution >= 4 is 23.3 Å². The van der Waals surface area contributed by atoms with Crippen LogP contribution in [0.15, 0.2) is 48.5 Å². The third kappa shape index (κ3) is 4.54. The molecule has 23 heavy (non-hydrogen) atoms. The minimum Gasteiger partial charge on any atom is -0.293 e. The number of benzene rings is 2. The van der Waals surface area contributed by atoms with Crippen molar-refractivity contribution in [3.8, 4) is 12.1 Å². The molecular weight excluding hydrogens is 308 g/mol. The van der Waals surface area contributed by atoms with E-state index in [4.69, 9.17) is 10.5 Å². The number of nitriles is 2. The third-order valence-electron chi connectivity index (χ3n) is 3.09. The summed E-state index contributed by atoms with van der Waals surface area (Å²) in [6.45, 7) is 0. The van der Waals surface area contributed by atoms with Crippen LogP contribution in [-0.2, 0) is 0 Å². The molecule has 0 radical (unpaired) electrons. The van der Waals surface area contributed by atoms with Crippen molar-refractivity contribution in [3.05, 3.63) is 70.8 Å². The third-order valence-corrected chi connectivity index (χ3v) is 4.03. The number of ketones is 2. The Morgan fingerprint density at radius 2 is 1.26 bits per heavy atom. The fraction of sp³-hybridized carbons (Fsp3) is 0.111. The van der Waals surface area contributed by atoms with Gasteiger partial charge in [0.15, 0.2) is 11.6 Å². The summed E-state index contributed by atoms with van der Waals surface area (Å²) in [6, 6.07) is 17.0. The van der Waals surface area contributed by atoms with Gasteiger partial charge in [-0.1, -0.05) is 24.3 Å². The maximum absolute atomic E-state index is 12.0. The van der Waals surface area contributed by atoms with Crippen molar-refractivity contribution in [2.75, 3.05) is 11.5 Å². The number of rotatable bonds is 6. The summed E-state index contributed by atoms with van der Waals surface area (Å²) in [7, 11) is 0. The van der Waals surface area contributed by atoms with E-state index in [-0.39, 0.29) is 23.1 Å². The summed E-state index contributed by atoms with van der Waals surface area (Å²) in [5.41, 5.74) is 1.81. The highest BCUT2D eigenvalue weighted by Gasteiger charge is 2.10. The van der Waals surface area contributed by atoms with E-state index in [1.807, 2.05) is 12.1 Å². The first-order valence-electron chi connectivity index (χ1n) is 6.78. The lowest BCUT2D eigenvalue weighted by atomic mass is 10.1. The summed E-state index contributed by atoms with van der Waals surface area (Å²) >= 11 is 1.22. The first-order chi connectivity index (χ1) is 11.1. The number of carbonyl (C=O) groups is 2. The number of hydrogen-bond acceptors (Lipinski definition) is 5. The molecule has 2 rings (SSSR count). The van der Waals surface area contributed by atoms with E-state index in [9.17, 15) is 9.59 Å². The summed E-state index contributed by atoms with van der Waals surface area (Å²) in [5.74, 6) is 0.0910. The molecule has 0 spiro atoms. The minimum atomic E-state index is -0.120. The van der Waals surface area contributed by atoms with Crippen molar-refractivity contribution in [1.82, 2.24) is 0 Å². The first-order valence-corrected chi connectivity index (χ1v) is 7.94. The monoisotopic (exact) mass is 320 g/mol. The van der Waals surface area contributed by atoms with Gasteiger partial charge in [-0.25, -0.2) is 0 Å². The highest BCUT2D eigenvalue weighted by Crippen LogP contribution is 2.13. The van der Waals surface area contributed by atoms with Crippen LogP contribution in [0.3, 0.4) is 0 Å². The number of thioether (sulfide) groups is 1. The van der Waals surface area contributed by atoms with Crippen LogP contribution in [0.5, 0.6) is 0 Å². The van der Waals surface area contributed by atoms with Crippen LogP contribution in [-0.4, -0.2) is 23.1 Å². The zero-order valence-electron chi connectivity index (χ0n) is 12.2. The molecule has 5 heteroatoms. The summed E-state index contributed by atoms with van der Waals surface area (Å²) in [6.07, 6.45) is 0. The fourth-order valence-corrected chi connectivity index (χ4v) is 2.73. The molecule has 0 heterocycles. The molecule has 2 aromatic rings. The Kier molecular flexibility index (Phi) is 5.68. The second kappa shape index (κ2) is 7.93. The van der Waals surface area contributed by atoms with Crippen molar-refractivity contribution in [3.63, 3.8) is 0 Å². The lowest BCUT2D eigenvalue weighted by molar-refractivity contribution is 0.102. The molecule has 0 aliphatic rings. The molecule has 0 saturated carbocycles. The van der Waals surface area contributed by atoms with E-state index in [1.165, 1.54) is 11.8 Å². The molecular formula is C18H12N2O2S. The lowest BCUT2D eigenvalue weighted by Crippen LogP contribution is -2.08. The standard InChI is InChI=1S/C18H12N2O2S/c19-9-13-3-1-5-15(7-13)17(21)11-23-12-18(22)16-6-2-4-14(8-16)10-20/h1-8H,11-12H2. The Bertz CT molecular complexity index is 762. The van der Waals surface area contributed by atoms with Crippen molar-refractivity contribution in [2.45, 2.75) is 0 Å². The molecule has 0 N–H and O–H groups in total. The smallest absolute Gasteiger partial charge is 0.172 e. The zero-order valence-corrected chi connectivity index (χ0v) is 13.0. The largest absolute Gasteiger partial charge is 0.293 e. The molecule has 0 fully saturated rings. The topological polar surface area (TPSA) is 81.7 Å². The van der Waals surface area contributed by atoms with Crippen LogP contribution in [0, 0.1) is 22.7 Å². The molecule has 0 saturated heterocycles. The quantitative estimate of drug-likeness (QED) is 0.763. The van der Waals surface area contributed by atoms with E-state index in [1.54, 1.807) is 48.5 Å². The molecule has 4 nitrogen and oxygen atoms in total. The average molecular weight is 320 g/mol. The Labute approximate surface area is 138 Å². The van der Waals surface area contributed by atoms with Gasteiger partial charge in [-0.05, 0) is 24.3 Å². The van der Waals surface area contributed by atoms with E-state index in [0.29, 0.717) is 22.3 Å².